The molecule has 124 valence electrons. The average Bonchev–Trinajstić information content (AvgIpc) is 3.09. The Bertz CT molecular complexity index is 786. The lowest BCUT2D eigenvalue weighted by Gasteiger charge is -2.37. The van der Waals surface area contributed by atoms with Gasteiger partial charge in [-0.15, -0.1) is 5.10 Å². The molecule has 1 unspecified atom stereocenters. The molecule has 6 nitrogen and oxygen atoms in total. The van der Waals surface area contributed by atoms with Gasteiger partial charge < -0.3 is 10.2 Å². The van der Waals surface area contributed by atoms with Gasteiger partial charge in [-0.1, -0.05) is 22.7 Å². The Hall–Kier alpha value is -2.32. The van der Waals surface area contributed by atoms with Crippen LogP contribution in [0, 0.1) is 0 Å². The summed E-state index contributed by atoms with van der Waals surface area (Å²) in [6.45, 7) is 1.91. The number of nitrogens with zero attached hydrogens (tertiary/aromatic N) is 4. The Morgan fingerprint density at radius 3 is 2.62 bits per heavy atom. The van der Waals surface area contributed by atoms with E-state index >= 15 is 0 Å². The molecule has 1 aliphatic rings. The van der Waals surface area contributed by atoms with E-state index in [4.69, 9.17) is 12.2 Å². The Morgan fingerprint density at radius 2 is 2.04 bits per heavy atom. The Labute approximate surface area is 149 Å². The van der Waals surface area contributed by atoms with Gasteiger partial charge in [0, 0.05) is 30.9 Å². The Kier molecular flexibility index (Phi) is 4.59. The van der Waals surface area contributed by atoms with E-state index in [-0.39, 0.29) is 5.91 Å². The van der Waals surface area contributed by atoms with Crippen LogP contribution >= 0.6 is 23.8 Å². The topological polar surface area (TPSA) is 61.4 Å². The van der Waals surface area contributed by atoms with Crippen LogP contribution in [0.1, 0.15) is 18.7 Å². The first kappa shape index (κ1) is 16.5. The summed E-state index contributed by atoms with van der Waals surface area (Å²) in [5, 5.41) is 9.72. The van der Waals surface area contributed by atoms with Crippen molar-refractivity contribution in [3.63, 3.8) is 0 Å². The first-order valence-corrected chi connectivity index (χ1v) is 8.60. The summed E-state index contributed by atoms with van der Waals surface area (Å²) >= 11 is 6.80. The molecule has 1 aliphatic heterocycles. The molecule has 1 atom stereocenters. The SMILES string of the molecule is CC1=C(C(=O)N(C)C)C(c2csnn2)NC(=S)N1c1ccccc1. The molecule has 1 amide bonds. The number of thiocarbonyl (C=S) groups is 1. The highest BCUT2D eigenvalue weighted by atomic mass is 32.1. The van der Waals surface area contributed by atoms with Crippen molar-refractivity contribution < 1.29 is 4.79 Å². The standard InChI is InChI=1S/C16H17N5OS2/c1-10-13(15(22)20(2)3)14(12-9-24-19-18-12)17-16(23)21(10)11-7-5-4-6-8-11/h4-9,14H,1-3H3,(H,17,23). The van der Waals surface area contributed by atoms with Crippen LogP contribution < -0.4 is 10.2 Å². The van der Waals surface area contributed by atoms with Gasteiger partial charge in [0.2, 0.25) is 0 Å². The Morgan fingerprint density at radius 1 is 1.33 bits per heavy atom. The van der Waals surface area contributed by atoms with Crippen molar-refractivity contribution in [2.24, 2.45) is 0 Å². The third-order valence-corrected chi connectivity index (χ3v) is 4.63. The number of anilines is 1. The van der Waals surface area contributed by atoms with E-state index in [0.29, 0.717) is 16.4 Å². The molecule has 1 N–H and O–H groups in total. The Balaban J connectivity index is 2.15. The van der Waals surface area contributed by atoms with Crippen LogP contribution in [-0.2, 0) is 4.79 Å². The molecule has 0 aliphatic carbocycles. The van der Waals surface area contributed by atoms with Gasteiger partial charge in [-0.2, -0.15) is 0 Å². The lowest BCUT2D eigenvalue weighted by atomic mass is 9.98. The third kappa shape index (κ3) is 2.90. The number of para-hydroxylation sites is 1. The fourth-order valence-electron chi connectivity index (χ4n) is 2.67. The van der Waals surface area contributed by atoms with Crippen LogP contribution in [0.25, 0.3) is 0 Å². The van der Waals surface area contributed by atoms with Crippen LogP contribution in [0.5, 0.6) is 0 Å². The fraction of sp³-hybridized carbons (Fsp3) is 0.250. The molecule has 0 spiro atoms. The predicted octanol–water partition coefficient (Wildman–Crippen LogP) is 2.34. The molecule has 1 aromatic carbocycles. The number of carbonyl (C=O) groups excluding carboxylic acids is 1. The summed E-state index contributed by atoms with van der Waals surface area (Å²) in [5.41, 5.74) is 3.01. The maximum absolute atomic E-state index is 12.8. The van der Waals surface area contributed by atoms with E-state index in [1.54, 1.807) is 19.0 Å². The molecule has 8 heteroatoms. The molecular formula is C16H17N5OS2. The minimum Gasteiger partial charge on any atom is -0.349 e. The van der Waals surface area contributed by atoms with E-state index in [1.165, 1.54) is 11.5 Å². The van der Waals surface area contributed by atoms with Gasteiger partial charge in [-0.3, -0.25) is 9.69 Å². The molecule has 0 fully saturated rings. The average molecular weight is 359 g/mol. The van der Waals surface area contributed by atoms with Crippen molar-refractivity contribution in [2.45, 2.75) is 13.0 Å². The molecule has 0 bridgehead atoms. The summed E-state index contributed by atoms with van der Waals surface area (Å²) < 4.78 is 3.91. The number of carbonyl (C=O) groups is 1. The molecule has 0 saturated carbocycles. The van der Waals surface area contributed by atoms with Crippen LogP contribution in [0.3, 0.4) is 0 Å². The summed E-state index contributed by atoms with van der Waals surface area (Å²) in [6, 6.07) is 9.34. The van der Waals surface area contributed by atoms with E-state index < -0.39 is 6.04 Å². The zero-order valence-corrected chi connectivity index (χ0v) is 15.2. The monoisotopic (exact) mass is 359 g/mol. The van der Waals surface area contributed by atoms with Crippen LogP contribution in [0.2, 0.25) is 0 Å². The summed E-state index contributed by atoms with van der Waals surface area (Å²) in [6.07, 6.45) is 0. The van der Waals surface area contributed by atoms with Gasteiger partial charge in [-0.25, -0.2) is 0 Å². The van der Waals surface area contributed by atoms with Crippen molar-refractivity contribution in [1.82, 2.24) is 19.8 Å². The molecule has 0 saturated heterocycles. The smallest absolute Gasteiger partial charge is 0.253 e. The first-order valence-electron chi connectivity index (χ1n) is 7.35. The van der Waals surface area contributed by atoms with Crippen molar-refractivity contribution in [1.29, 1.82) is 0 Å². The highest BCUT2D eigenvalue weighted by Gasteiger charge is 2.36. The first-order chi connectivity index (χ1) is 11.5. The van der Waals surface area contributed by atoms with Crippen molar-refractivity contribution >= 4 is 40.5 Å². The second-order valence-corrected chi connectivity index (χ2v) is 6.58. The summed E-state index contributed by atoms with van der Waals surface area (Å²) in [4.78, 5) is 16.2. The molecule has 2 aromatic rings. The second kappa shape index (κ2) is 6.66. The lowest BCUT2D eigenvalue weighted by Crippen LogP contribution is -2.49. The van der Waals surface area contributed by atoms with Crippen LogP contribution in [-0.4, -0.2) is 39.6 Å². The molecule has 24 heavy (non-hydrogen) atoms. The number of allylic oxidation sites excluding steroid dienone is 1. The minimum absolute atomic E-state index is 0.0820. The van der Waals surface area contributed by atoms with E-state index in [2.05, 4.69) is 14.9 Å². The maximum Gasteiger partial charge on any atom is 0.253 e. The zero-order chi connectivity index (χ0) is 17.3. The van der Waals surface area contributed by atoms with Crippen LogP contribution in [0.4, 0.5) is 5.69 Å². The van der Waals surface area contributed by atoms with E-state index in [1.807, 2.05) is 47.5 Å². The predicted molar refractivity (Wildman–Crippen MR) is 98.7 cm³/mol. The maximum atomic E-state index is 12.8. The van der Waals surface area contributed by atoms with E-state index in [9.17, 15) is 4.79 Å². The molecule has 1 aromatic heterocycles. The number of aromatic nitrogens is 2. The van der Waals surface area contributed by atoms with Crippen LogP contribution in [0.15, 0.2) is 47.0 Å². The quantitative estimate of drug-likeness (QED) is 0.849. The minimum atomic E-state index is -0.397. The lowest BCUT2D eigenvalue weighted by molar-refractivity contribution is -0.125. The highest BCUT2D eigenvalue weighted by Crippen LogP contribution is 2.33. The van der Waals surface area contributed by atoms with Gasteiger partial charge in [-0.05, 0) is 42.8 Å². The molecule has 3 rings (SSSR count). The second-order valence-electron chi connectivity index (χ2n) is 5.58. The summed E-state index contributed by atoms with van der Waals surface area (Å²) in [7, 11) is 3.47. The molecule has 0 radical (unpaired) electrons. The van der Waals surface area contributed by atoms with Gasteiger partial charge in [0.15, 0.2) is 5.11 Å². The number of hydrogen-bond acceptors (Lipinski definition) is 5. The number of nitrogens with one attached hydrogen (secondary N) is 1. The number of hydrogen-bond donors (Lipinski definition) is 1. The largest absolute Gasteiger partial charge is 0.349 e. The highest BCUT2D eigenvalue weighted by molar-refractivity contribution is 7.80. The molecule has 2 heterocycles. The number of rotatable bonds is 3. The number of amides is 1. The number of likely N-dealkylation sites (N-methyl/N-ethyl adjacent to an activating group) is 1. The van der Waals surface area contributed by atoms with Crippen molar-refractivity contribution in [3.8, 4) is 0 Å². The number of benzene rings is 1. The van der Waals surface area contributed by atoms with Gasteiger partial charge in [0.1, 0.15) is 11.7 Å². The fourth-order valence-corrected chi connectivity index (χ4v) is 3.51. The van der Waals surface area contributed by atoms with Gasteiger partial charge >= 0.3 is 0 Å². The van der Waals surface area contributed by atoms with E-state index in [0.717, 1.165) is 11.4 Å². The summed E-state index contributed by atoms with van der Waals surface area (Å²) in [5.74, 6) is -0.0820. The van der Waals surface area contributed by atoms with Gasteiger partial charge in [0.05, 0.1) is 5.57 Å². The zero-order valence-electron chi connectivity index (χ0n) is 13.6. The third-order valence-electron chi connectivity index (χ3n) is 3.81. The van der Waals surface area contributed by atoms with Gasteiger partial charge in [0.25, 0.3) is 5.91 Å². The molecular weight excluding hydrogens is 342 g/mol. The van der Waals surface area contributed by atoms with Crippen molar-refractivity contribution in [3.05, 3.63) is 52.7 Å². The van der Waals surface area contributed by atoms with Crippen molar-refractivity contribution in [2.75, 3.05) is 19.0 Å². The normalized spacial score (nSPS) is 17.7.